The highest BCUT2D eigenvalue weighted by Crippen LogP contribution is 2.23. The van der Waals surface area contributed by atoms with Crippen molar-refractivity contribution >= 4 is 11.9 Å². The van der Waals surface area contributed by atoms with E-state index in [1.54, 1.807) is 0 Å². The number of piperidine rings is 1. The molecule has 0 unspecified atom stereocenters. The SMILES string of the molecule is Cc1cccc(-c2cccc(CNC(=O)C3CCN(C(=O)N4CCCC4)CC3)c2)c1. The van der Waals surface area contributed by atoms with Crippen LogP contribution in [0, 0.1) is 12.8 Å². The zero-order valence-corrected chi connectivity index (χ0v) is 17.8. The van der Waals surface area contributed by atoms with Crippen LogP contribution in [0.2, 0.25) is 0 Å². The fourth-order valence-electron chi connectivity index (χ4n) is 4.46. The lowest BCUT2D eigenvalue weighted by atomic mass is 9.96. The van der Waals surface area contributed by atoms with E-state index < -0.39 is 0 Å². The third-order valence-electron chi connectivity index (χ3n) is 6.26. The molecule has 2 aromatic carbocycles. The van der Waals surface area contributed by atoms with Crippen molar-refractivity contribution in [3.63, 3.8) is 0 Å². The molecular formula is C25H31N3O2. The molecule has 2 fully saturated rings. The molecule has 5 nitrogen and oxygen atoms in total. The lowest BCUT2D eigenvalue weighted by Crippen LogP contribution is -2.47. The van der Waals surface area contributed by atoms with E-state index in [1.807, 2.05) is 15.9 Å². The molecule has 2 saturated heterocycles. The molecule has 3 amide bonds. The van der Waals surface area contributed by atoms with Gasteiger partial charge in [0.25, 0.3) is 0 Å². The van der Waals surface area contributed by atoms with Crippen molar-refractivity contribution in [2.45, 2.75) is 39.2 Å². The summed E-state index contributed by atoms with van der Waals surface area (Å²) in [5, 5.41) is 3.11. The first kappa shape index (κ1) is 20.5. The van der Waals surface area contributed by atoms with Crippen LogP contribution in [-0.2, 0) is 11.3 Å². The number of nitrogens with zero attached hydrogens (tertiary/aromatic N) is 2. The number of hydrogen-bond acceptors (Lipinski definition) is 2. The summed E-state index contributed by atoms with van der Waals surface area (Å²) >= 11 is 0. The Morgan fingerprint density at radius 2 is 1.53 bits per heavy atom. The molecule has 158 valence electrons. The van der Waals surface area contributed by atoms with E-state index in [9.17, 15) is 9.59 Å². The number of likely N-dealkylation sites (tertiary alicyclic amines) is 2. The number of amides is 3. The fraction of sp³-hybridized carbons (Fsp3) is 0.440. The van der Waals surface area contributed by atoms with Crippen LogP contribution >= 0.6 is 0 Å². The van der Waals surface area contributed by atoms with Crippen LogP contribution in [0.3, 0.4) is 0 Å². The Hall–Kier alpha value is -2.82. The van der Waals surface area contributed by atoms with Crippen molar-refractivity contribution in [1.29, 1.82) is 0 Å². The van der Waals surface area contributed by atoms with E-state index in [4.69, 9.17) is 0 Å². The smallest absolute Gasteiger partial charge is 0.319 e. The second-order valence-electron chi connectivity index (χ2n) is 8.53. The molecule has 1 N–H and O–H groups in total. The molecule has 2 heterocycles. The summed E-state index contributed by atoms with van der Waals surface area (Å²) < 4.78 is 0. The average Bonchev–Trinajstić information content (AvgIpc) is 3.32. The molecule has 4 rings (SSSR count). The highest BCUT2D eigenvalue weighted by atomic mass is 16.2. The summed E-state index contributed by atoms with van der Waals surface area (Å²) in [5.41, 5.74) is 4.70. The van der Waals surface area contributed by atoms with E-state index in [2.05, 4.69) is 54.7 Å². The number of nitrogens with one attached hydrogen (secondary N) is 1. The molecule has 5 heteroatoms. The van der Waals surface area contributed by atoms with E-state index in [0.29, 0.717) is 19.6 Å². The topological polar surface area (TPSA) is 52.7 Å². The van der Waals surface area contributed by atoms with Crippen LogP contribution in [0.5, 0.6) is 0 Å². The highest BCUT2D eigenvalue weighted by Gasteiger charge is 2.30. The average molecular weight is 406 g/mol. The predicted octanol–water partition coefficient (Wildman–Crippen LogP) is 4.21. The van der Waals surface area contributed by atoms with Gasteiger partial charge in [0.15, 0.2) is 0 Å². The van der Waals surface area contributed by atoms with Crippen LogP contribution in [-0.4, -0.2) is 47.9 Å². The van der Waals surface area contributed by atoms with Crippen molar-refractivity contribution in [3.8, 4) is 11.1 Å². The zero-order chi connectivity index (χ0) is 20.9. The minimum absolute atomic E-state index is 0.00687. The Labute approximate surface area is 179 Å². The molecule has 2 aromatic rings. The van der Waals surface area contributed by atoms with Crippen molar-refractivity contribution in [3.05, 3.63) is 59.7 Å². The van der Waals surface area contributed by atoms with E-state index in [1.165, 1.54) is 16.7 Å². The van der Waals surface area contributed by atoms with E-state index >= 15 is 0 Å². The Kier molecular flexibility index (Phi) is 6.36. The Balaban J connectivity index is 1.28. The van der Waals surface area contributed by atoms with Crippen molar-refractivity contribution in [1.82, 2.24) is 15.1 Å². The van der Waals surface area contributed by atoms with Gasteiger partial charge in [-0.3, -0.25) is 4.79 Å². The summed E-state index contributed by atoms with van der Waals surface area (Å²) in [7, 11) is 0. The van der Waals surface area contributed by atoms with Gasteiger partial charge in [-0.05, 0) is 55.4 Å². The standard InChI is InChI=1S/C25H31N3O2/c1-19-6-4-8-22(16-19)23-9-5-7-20(17-23)18-26-24(29)21-10-14-28(15-11-21)25(30)27-12-2-3-13-27/h4-9,16-17,21H,2-3,10-15,18H2,1H3,(H,26,29). The highest BCUT2D eigenvalue weighted by molar-refractivity contribution is 5.80. The number of carbonyl (C=O) groups excluding carboxylic acids is 2. The predicted molar refractivity (Wildman–Crippen MR) is 119 cm³/mol. The molecule has 0 bridgehead atoms. The molecule has 0 aromatic heterocycles. The second-order valence-corrected chi connectivity index (χ2v) is 8.53. The van der Waals surface area contributed by atoms with Crippen LogP contribution in [0.4, 0.5) is 4.79 Å². The van der Waals surface area contributed by atoms with Crippen molar-refractivity contribution < 1.29 is 9.59 Å². The quantitative estimate of drug-likeness (QED) is 0.829. The zero-order valence-electron chi connectivity index (χ0n) is 17.8. The number of aryl methyl sites for hydroxylation is 1. The molecule has 0 radical (unpaired) electrons. The molecule has 0 aliphatic carbocycles. The third kappa shape index (κ3) is 4.84. The first-order valence-electron chi connectivity index (χ1n) is 11.1. The van der Waals surface area contributed by atoms with Crippen LogP contribution in [0.15, 0.2) is 48.5 Å². The lowest BCUT2D eigenvalue weighted by molar-refractivity contribution is -0.126. The molecule has 2 aliphatic rings. The monoisotopic (exact) mass is 405 g/mol. The summed E-state index contributed by atoms with van der Waals surface area (Å²) in [5.74, 6) is 0.0943. The number of urea groups is 1. The Morgan fingerprint density at radius 3 is 2.23 bits per heavy atom. The molecule has 30 heavy (non-hydrogen) atoms. The van der Waals surface area contributed by atoms with Gasteiger partial charge >= 0.3 is 6.03 Å². The molecule has 2 aliphatic heterocycles. The van der Waals surface area contributed by atoms with Crippen LogP contribution in [0.1, 0.15) is 36.8 Å². The minimum atomic E-state index is -0.00687. The number of rotatable bonds is 4. The van der Waals surface area contributed by atoms with Gasteiger partial charge in [-0.15, -0.1) is 0 Å². The van der Waals surface area contributed by atoms with Gasteiger partial charge in [0.05, 0.1) is 0 Å². The lowest BCUT2D eigenvalue weighted by Gasteiger charge is -2.34. The molecule has 0 saturated carbocycles. The summed E-state index contributed by atoms with van der Waals surface area (Å²) in [6.45, 7) is 5.73. The number of carbonyl (C=O) groups is 2. The van der Waals surface area contributed by atoms with Gasteiger partial charge in [0.1, 0.15) is 0 Å². The van der Waals surface area contributed by atoms with Gasteiger partial charge in [-0.25, -0.2) is 4.79 Å². The Morgan fingerprint density at radius 1 is 0.900 bits per heavy atom. The van der Waals surface area contributed by atoms with Crippen molar-refractivity contribution in [2.75, 3.05) is 26.2 Å². The minimum Gasteiger partial charge on any atom is -0.352 e. The summed E-state index contributed by atoms with van der Waals surface area (Å²) in [4.78, 5) is 29.1. The Bertz CT molecular complexity index is 897. The largest absolute Gasteiger partial charge is 0.352 e. The molecule has 0 spiro atoms. The summed E-state index contributed by atoms with van der Waals surface area (Å²) in [6, 6.07) is 17.0. The number of benzene rings is 2. The molecule has 0 atom stereocenters. The van der Waals surface area contributed by atoms with Crippen LogP contribution < -0.4 is 5.32 Å². The van der Waals surface area contributed by atoms with Crippen molar-refractivity contribution in [2.24, 2.45) is 5.92 Å². The van der Waals surface area contributed by atoms with Gasteiger partial charge in [-0.1, -0.05) is 48.0 Å². The number of hydrogen-bond donors (Lipinski definition) is 1. The molecular weight excluding hydrogens is 374 g/mol. The maximum Gasteiger partial charge on any atom is 0.319 e. The maximum atomic E-state index is 12.7. The first-order valence-corrected chi connectivity index (χ1v) is 11.1. The van der Waals surface area contributed by atoms with Gasteiger partial charge in [-0.2, -0.15) is 0 Å². The second kappa shape index (κ2) is 9.33. The van der Waals surface area contributed by atoms with E-state index in [0.717, 1.165) is 44.3 Å². The normalized spacial score (nSPS) is 17.2. The maximum absolute atomic E-state index is 12.7. The van der Waals surface area contributed by atoms with E-state index in [-0.39, 0.29) is 17.9 Å². The third-order valence-corrected chi connectivity index (χ3v) is 6.26. The first-order chi connectivity index (χ1) is 14.6. The van der Waals surface area contributed by atoms with Gasteiger partial charge in [0.2, 0.25) is 5.91 Å². The van der Waals surface area contributed by atoms with Gasteiger partial charge in [0, 0.05) is 38.6 Å². The fourth-order valence-corrected chi connectivity index (χ4v) is 4.46. The summed E-state index contributed by atoms with van der Waals surface area (Å²) in [6.07, 6.45) is 3.70. The van der Waals surface area contributed by atoms with Gasteiger partial charge < -0.3 is 15.1 Å². The van der Waals surface area contributed by atoms with Crippen LogP contribution in [0.25, 0.3) is 11.1 Å².